The quantitative estimate of drug-likeness (QED) is 0.853. The number of carbonyl (C=O) groups is 1. The van der Waals surface area contributed by atoms with Crippen LogP contribution in [0.25, 0.3) is 0 Å². The molecular weight excluding hydrogens is 232 g/mol. The molecule has 4 nitrogen and oxygen atoms in total. The Morgan fingerprint density at radius 2 is 2.00 bits per heavy atom. The van der Waals surface area contributed by atoms with Crippen LogP contribution in [0.2, 0.25) is 0 Å². The van der Waals surface area contributed by atoms with Crippen LogP contribution in [0.5, 0.6) is 0 Å². The van der Waals surface area contributed by atoms with Crippen LogP contribution in [0, 0.1) is 11.6 Å². The van der Waals surface area contributed by atoms with Crippen LogP contribution >= 0.6 is 0 Å². The molecule has 1 aliphatic heterocycles. The van der Waals surface area contributed by atoms with Gasteiger partial charge < -0.3 is 14.8 Å². The fraction of sp³-hybridized carbons (Fsp3) is 0.364. The Morgan fingerprint density at radius 1 is 1.35 bits per heavy atom. The van der Waals surface area contributed by atoms with Gasteiger partial charge in [0.05, 0.1) is 24.3 Å². The lowest BCUT2D eigenvalue weighted by molar-refractivity contribution is -0.0489. The summed E-state index contributed by atoms with van der Waals surface area (Å²) in [6.07, 6.45) is -1.08. The number of halogens is 2. The van der Waals surface area contributed by atoms with Gasteiger partial charge in [0, 0.05) is 7.05 Å². The summed E-state index contributed by atoms with van der Waals surface area (Å²) in [6, 6.07) is 2.11. The van der Waals surface area contributed by atoms with E-state index >= 15 is 0 Å². The number of hydrogen-bond donors (Lipinski definition) is 1. The predicted octanol–water partition coefficient (Wildman–Crippen LogP) is 1.37. The van der Waals surface area contributed by atoms with E-state index in [0.717, 1.165) is 12.1 Å². The second-order valence-electron chi connectivity index (χ2n) is 3.48. The topological polar surface area (TPSA) is 47.6 Å². The van der Waals surface area contributed by atoms with E-state index < -0.39 is 23.8 Å². The average Bonchev–Trinajstić information content (AvgIpc) is 2.82. The number of benzene rings is 1. The van der Waals surface area contributed by atoms with Crippen molar-refractivity contribution >= 4 is 5.91 Å². The van der Waals surface area contributed by atoms with E-state index in [1.54, 1.807) is 0 Å². The zero-order valence-electron chi connectivity index (χ0n) is 9.13. The van der Waals surface area contributed by atoms with E-state index in [0.29, 0.717) is 0 Å². The van der Waals surface area contributed by atoms with Gasteiger partial charge in [-0.05, 0) is 12.1 Å². The lowest BCUT2D eigenvalue weighted by atomic mass is 10.1. The fourth-order valence-corrected chi connectivity index (χ4v) is 1.62. The SMILES string of the molecule is CNC(=O)c1ccc(F)c(C2OCCO2)c1F. The van der Waals surface area contributed by atoms with Crippen molar-refractivity contribution in [1.29, 1.82) is 0 Å². The zero-order chi connectivity index (χ0) is 12.4. The van der Waals surface area contributed by atoms with Crippen LogP contribution < -0.4 is 5.32 Å². The maximum absolute atomic E-state index is 14.0. The molecule has 0 aliphatic carbocycles. The fourth-order valence-electron chi connectivity index (χ4n) is 1.62. The van der Waals surface area contributed by atoms with Crippen molar-refractivity contribution in [1.82, 2.24) is 5.32 Å². The van der Waals surface area contributed by atoms with Gasteiger partial charge >= 0.3 is 0 Å². The van der Waals surface area contributed by atoms with Gasteiger partial charge in [0.25, 0.3) is 5.91 Å². The molecule has 1 saturated heterocycles. The number of amides is 1. The minimum atomic E-state index is -1.08. The van der Waals surface area contributed by atoms with Gasteiger partial charge in [0.1, 0.15) is 11.6 Å². The third-order valence-corrected chi connectivity index (χ3v) is 2.46. The molecule has 2 rings (SSSR count). The van der Waals surface area contributed by atoms with Crippen molar-refractivity contribution in [3.8, 4) is 0 Å². The second kappa shape index (κ2) is 4.77. The molecule has 92 valence electrons. The first-order chi connectivity index (χ1) is 8.15. The maximum atomic E-state index is 14.0. The maximum Gasteiger partial charge on any atom is 0.254 e. The first kappa shape index (κ1) is 11.9. The van der Waals surface area contributed by atoms with E-state index in [1.165, 1.54) is 7.05 Å². The number of carbonyl (C=O) groups excluding carboxylic acids is 1. The number of nitrogens with one attached hydrogen (secondary N) is 1. The molecule has 0 spiro atoms. The minimum absolute atomic E-state index is 0.233. The average molecular weight is 243 g/mol. The summed E-state index contributed by atoms with van der Waals surface area (Å²) < 4.78 is 37.6. The number of ether oxygens (including phenoxy) is 2. The molecule has 6 heteroatoms. The third kappa shape index (κ3) is 2.13. The van der Waals surface area contributed by atoms with Crippen LogP contribution in [0.1, 0.15) is 22.2 Å². The van der Waals surface area contributed by atoms with E-state index in [-0.39, 0.29) is 24.3 Å². The molecule has 1 amide bonds. The van der Waals surface area contributed by atoms with Crippen LogP contribution in [0.15, 0.2) is 12.1 Å². The third-order valence-electron chi connectivity index (χ3n) is 2.46. The highest BCUT2D eigenvalue weighted by Crippen LogP contribution is 2.29. The summed E-state index contributed by atoms with van der Waals surface area (Å²) in [4.78, 5) is 11.4. The Hall–Kier alpha value is -1.53. The lowest BCUT2D eigenvalue weighted by Crippen LogP contribution is -2.21. The molecule has 0 saturated carbocycles. The molecule has 0 bridgehead atoms. The lowest BCUT2D eigenvalue weighted by Gasteiger charge is -2.13. The molecule has 1 N–H and O–H groups in total. The van der Waals surface area contributed by atoms with E-state index in [9.17, 15) is 13.6 Å². The van der Waals surface area contributed by atoms with Crippen molar-refractivity contribution < 1.29 is 23.0 Å². The Morgan fingerprint density at radius 3 is 2.59 bits per heavy atom. The summed E-state index contributed by atoms with van der Waals surface area (Å²) in [5.74, 6) is -2.36. The van der Waals surface area contributed by atoms with E-state index in [2.05, 4.69) is 5.32 Å². The monoisotopic (exact) mass is 243 g/mol. The Bertz CT molecular complexity index is 445. The van der Waals surface area contributed by atoms with Gasteiger partial charge in [-0.1, -0.05) is 0 Å². The molecule has 1 aromatic rings. The van der Waals surface area contributed by atoms with Gasteiger partial charge in [-0.2, -0.15) is 0 Å². The Kier molecular flexibility index (Phi) is 3.35. The summed E-state index contributed by atoms with van der Waals surface area (Å²) in [5.41, 5.74) is -0.591. The standard InChI is InChI=1S/C11H11F2NO3/c1-14-10(15)6-2-3-7(12)8(9(6)13)11-16-4-5-17-11/h2-3,11H,4-5H2,1H3,(H,14,15). The largest absolute Gasteiger partial charge is 0.355 e. The van der Waals surface area contributed by atoms with Gasteiger partial charge in [-0.25, -0.2) is 8.78 Å². The van der Waals surface area contributed by atoms with Gasteiger partial charge in [-0.15, -0.1) is 0 Å². The zero-order valence-corrected chi connectivity index (χ0v) is 9.13. The summed E-state index contributed by atoms with van der Waals surface area (Å²) in [5, 5.41) is 2.28. The van der Waals surface area contributed by atoms with Crippen LogP contribution in [0.4, 0.5) is 8.78 Å². The van der Waals surface area contributed by atoms with E-state index in [1.807, 2.05) is 0 Å². The molecule has 1 heterocycles. The molecule has 0 unspecified atom stereocenters. The number of hydrogen-bond acceptors (Lipinski definition) is 3. The minimum Gasteiger partial charge on any atom is -0.355 e. The van der Waals surface area contributed by atoms with Crippen molar-refractivity contribution in [2.75, 3.05) is 20.3 Å². The smallest absolute Gasteiger partial charge is 0.254 e. The van der Waals surface area contributed by atoms with Crippen LogP contribution in [-0.4, -0.2) is 26.2 Å². The molecule has 0 radical (unpaired) electrons. The second-order valence-corrected chi connectivity index (χ2v) is 3.48. The highest BCUT2D eigenvalue weighted by molar-refractivity contribution is 5.94. The Balaban J connectivity index is 2.46. The Labute approximate surface area is 96.5 Å². The summed E-state index contributed by atoms with van der Waals surface area (Å²) in [7, 11) is 1.37. The number of rotatable bonds is 2. The normalized spacial score (nSPS) is 16.2. The molecule has 1 aromatic carbocycles. The molecule has 17 heavy (non-hydrogen) atoms. The summed E-state index contributed by atoms with van der Waals surface area (Å²) in [6.45, 7) is 0.543. The van der Waals surface area contributed by atoms with Crippen molar-refractivity contribution in [2.45, 2.75) is 6.29 Å². The predicted molar refractivity (Wildman–Crippen MR) is 54.4 cm³/mol. The van der Waals surface area contributed by atoms with Gasteiger partial charge in [-0.3, -0.25) is 4.79 Å². The van der Waals surface area contributed by atoms with Gasteiger partial charge in [0.2, 0.25) is 0 Å². The molecule has 0 aromatic heterocycles. The molecular formula is C11H11F2NO3. The molecule has 0 atom stereocenters. The van der Waals surface area contributed by atoms with E-state index in [4.69, 9.17) is 9.47 Å². The van der Waals surface area contributed by atoms with Crippen molar-refractivity contribution in [3.05, 3.63) is 34.9 Å². The highest BCUT2D eigenvalue weighted by atomic mass is 19.1. The van der Waals surface area contributed by atoms with Crippen molar-refractivity contribution in [3.63, 3.8) is 0 Å². The summed E-state index contributed by atoms with van der Waals surface area (Å²) >= 11 is 0. The highest BCUT2D eigenvalue weighted by Gasteiger charge is 2.28. The molecule has 1 aliphatic rings. The molecule has 1 fully saturated rings. The first-order valence-electron chi connectivity index (χ1n) is 5.08. The van der Waals surface area contributed by atoms with Crippen molar-refractivity contribution in [2.24, 2.45) is 0 Å². The van der Waals surface area contributed by atoms with Gasteiger partial charge in [0.15, 0.2) is 6.29 Å². The first-order valence-corrected chi connectivity index (χ1v) is 5.08. The van der Waals surface area contributed by atoms with Crippen LogP contribution in [0.3, 0.4) is 0 Å². The van der Waals surface area contributed by atoms with Crippen LogP contribution in [-0.2, 0) is 9.47 Å².